The zero-order valence-electron chi connectivity index (χ0n) is 23.0. The Morgan fingerprint density at radius 3 is 2.93 bits per heavy atom. The van der Waals surface area contributed by atoms with Crippen molar-refractivity contribution in [3.05, 3.63) is 41.2 Å². The molecule has 43 heavy (non-hydrogen) atoms. The number of nitrogens with zero attached hydrogens (tertiary/aromatic N) is 4. The van der Waals surface area contributed by atoms with E-state index in [2.05, 4.69) is 15.0 Å². The Morgan fingerprint density at radius 2 is 2.12 bits per heavy atom. The van der Waals surface area contributed by atoms with Gasteiger partial charge >= 0.3 is 14.0 Å². The number of ether oxygens (including phenoxy) is 5. The highest BCUT2D eigenvalue weighted by Crippen LogP contribution is 2.58. The van der Waals surface area contributed by atoms with Crippen LogP contribution in [-0.4, -0.2) is 76.5 Å². The smallest absolute Gasteiger partial charge is 0.476 e. The molecule has 230 valence electrons. The number of benzene rings is 1. The highest BCUT2D eigenvalue weighted by Gasteiger charge is 2.64. The lowest BCUT2D eigenvalue weighted by Gasteiger charge is -2.30. The predicted molar refractivity (Wildman–Crippen MR) is 147 cm³/mol. The molecule has 4 saturated heterocycles. The van der Waals surface area contributed by atoms with E-state index < -0.39 is 44.1 Å². The van der Waals surface area contributed by atoms with E-state index in [1.807, 2.05) is 6.07 Å². The number of anilines is 1. The zero-order valence-corrected chi connectivity index (χ0v) is 24.6. The van der Waals surface area contributed by atoms with E-state index in [1.165, 1.54) is 6.33 Å². The topological polar surface area (TPSA) is 178 Å². The molecule has 15 nitrogen and oxygen atoms in total. The first-order valence-corrected chi connectivity index (χ1v) is 15.6. The number of fused-ring (bicyclic) bond motifs is 2. The Bertz CT molecular complexity index is 1590. The average Bonchev–Trinajstić information content (AvgIpc) is 3.75. The van der Waals surface area contributed by atoms with E-state index in [-0.39, 0.29) is 31.0 Å². The molecule has 4 aliphatic rings. The van der Waals surface area contributed by atoms with E-state index in [1.54, 1.807) is 29.7 Å². The van der Waals surface area contributed by atoms with Crippen molar-refractivity contribution >= 4 is 42.7 Å². The van der Waals surface area contributed by atoms with Gasteiger partial charge in [-0.05, 0) is 31.0 Å². The van der Waals surface area contributed by atoms with Gasteiger partial charge in [-0.2, -0.15) is 9.97 Å². The first-order valence-electron chi connectivity index (χ1n) is 13.8. The maximum Gasteiger partial charge on any atom is 0.509 e. The molecule has 0 saturated carbocycles. The molecule has 2 aromatic heterocycles. The van der Waals surface area contributed by atoms with Crippen molar-refractivity contribution in [3.8, 4) is 5.88 Å². The van der Waals surface area contributed by atoms with Crippen LogP contribution in [0.5, 0.6) is 5.88 Å². The molecular formula is C26H29ClN5O10P. The lowest BCUT2D eigenvalue weighted by molar-refractivity contribution is -0.0925. The van der Waals surface area contributed by atoms with Gasteiger partial charge < -0.3 is 29.4 Å². The number of rotatable bonds is 8. The van der Waals surface area contributed by atoms with Crippen molar-refractivity contribution in [3.63, 3.8) is 0 Å². The quantitative estimate of drug-likeness (QED) is 0.277. The monoisotopic (exact) mass is 637 g/mol. The molecule has 3 aromatic rings. The summed E-state index contributed by atoms with van der Waals surface area (Å²) >= 11 is 6.12. The second kappa shape index (κ2) is 11.1. The third kappa shape index (κ3) is 5.43. The molecule has 7 atom stereocenters. The summed E-state index contributed by atoms with van der Waals surface area (Å²) in [5, 5.41) is 0.525. The number of halogens is 1. The Balaban J connectivity index is 1.11. The number of aromatic nitrogens is 4. The summed E-state index contributed by atoms with van der Waals surface area (Å²) in [6, 6.07) is 7.07. The van der Waals surface area contributed by atoms with Crippen LogP contribution in [0.3, 0.4) is 0 Å². The number of imidazole rings is 1. The highest BCUT2D eigenvalue weighted by atomic mass is 35.5. The second-order valence-corrected chi connectivity index (χ2v) is 12.9. The molecule has 0 amide bonds. The third-order valence-corrected chi connectivity index (χ3v) is 9.58. The fourth-order valence-electron chi connectivity index (χ4n) is 5.73. The number of nitrogen functional groups attached to an aromatic ring is 1. The highest BCUT2D eigenvalue weighted by molar-refractivity contribution is 7.48. The second-order valence-electron chi connectivity index (χ2n) is 10.9. The van der Waals surface area contributed by atoms with Gasteiger partial charge in [0.1, 0.15) is 6.10 Å². The summed E-state index contributed by atoms with van der Waals surface area (Å²) in [6.07, 6.45) is -1.44. The van der Waals surface area contributed by atoms with Gasteiger partial charge in [0.25, 0.3) is 0 Å². The number of phosphoric acid groups is 1. The van der Waals surface area contributed by atoms with Crippen molar-refractivity contribution in [2.24, 2.45) is 5.92 Å². The Labute approximate surface area is 250 Å². The predicted octanol–water partition coefficient (Wildman–Crippen LogP) is 3.97. The SMILES string of the molecule is CC12OC(=O)OC1C(COP1(=O)OCCC(c3cccc(Cl)c3)O1)OC2n1cnc2c(OCC3CCOC3)nc(N)nc21. The van der Waals surface area contributed by atoms with Gasteiger partial charge in [-0.3, -0.25) is 18.1 Å². The Kier molecular flexibility index (Phi) is 7.45. The summed E-state index contributed by atoms with van der Waals surface area (Å²) in [4.78, 5) is 25.4. The van der Waals surface area contributed by atoms with Crippen molar-refractivity contribution < 1.29 is 46.6 Å². The van der Waals surface area contributed by atoms with Crippen molar-refractivity contribution in [2.45, 2.75) is 49.9 Å². The number of phosphoric ester groups is 1. The minimum absolute atomic E-state index is 0.0369. The van der Waals surface area contributed by atoms with Crippen molar-refractivity contribution in [1.82, 2.24) is 19.5 Å². The first-order chi connectivity index (χ1) is 20.7. The van der Waals surface area contributed by atoms with Crippen LogP contribution >= 0.6 is 19.4 Å². The fraction of sp³-hybridized carbons (Fsp3) is 0.538. The molecule has 4 aliphatic heterocycles. The van der Waals surface area contributed by atoms with Gasteiger partial charge in [-0.1, -0.05) is 23.7 Å². The molecule has 4 fully saturated rings. The summed E-state index contributed by atoms with van der Waals surface area (Å²) in [7, 11) is -4.01. The minimum atomic E-state index is -4.01. The van der Waals surface area contributed by atoms with Gasteiger partial charge in [0, 0.05) is 24.0 Å². The van der Waals surface area contributed by atoms with E-state index >= 15 is 0 Å². The molecule has 0 radical (unpaired) electrons. The van der Waals surface area contributed by atoms with E-state index in [0.29, 0.717) is 42.4 Å². The normalized spacial score (nSPS) is 33.8. The zero-order chi connectivity index (χ0) is 29.8. The number of carbonyl (C=O) groups excluding carboxylic acids is 1. The van der Waals surface area contributed by atoms with Gasteiger partial charge in [-0.15, -0.1) is 0 Å². The van der Waals surface area contributed by atoms with Crippen LogP contribution in [-0.2, 0) is 37.1 Å². The van der Waals surface area contributed by atoms with Crippen LogP contribution in [0, 0.1) is 5.92 Å². The van der Waals surface area contributed by atoms with Crippen LogP contribution < -0.4 is 10.5 Å². The molecule has 1 aromatic carbocycles. The van der Waals surface area contributed by atoms with E-state index in [0.717, 1.165) is 12.0 Å². The molecule has 17 heteroatoms. The summed E-state index contributed by atoms with van der Waals surface area (Å²) in [5.41, 5.74) is 6.10. The van der Waals surface area contributed by atoms with Crippen molar-refractivity contribution in [2.75, 3.05) is 38.8 Å². The fourth-order valence-corrected chi connectivity index (χ4v) is 7.32. The largest absolute Gasteiger partial charge is 0.509 e. The minimum Gasteiger partial charge on any atom is -0.476 e. The Hall–Kier alpha value is -3.04. The first kappa shape index (κ1) is 28.7. The average molecular weight is 638 g/mol. The molecule has 6 heterocycles. The van der Waals surface area contributed by atoms with Gasteiger partial charge in [0.2, 0.25) is 11.8 Å². The van der Waals surface area contributed by atoms with Crippen LogP contribution in [0.25, 0.3) is 11.2 Å². The molecule has 7 unspecified atom stereocenters. The number of hydrogen-bond acceptors (Lipinski definition) is 14. The van der Waals surface area contributed by atoms with Crippen molar-refractivity contribution in [1.29, 1.82) is 0 Å². The van der Waals surface area contributed by atoms with E-state index in [9.17, 15) is 9.36 Å². The lowest BCUT2D eigenvalue weighted by atomic mass is 9.96. The van der Waals surface area contributed by atoms with Crippen LogP contribution in [0.1, 0.15) is 37.7 Å². The summed E-state index contributed by atoms with van der Waals surface area (Å²) < 4.78 is 60.7. The van der Waals surface area contributed by atoms with E-state index in [4.69, 9.17) is 54.6 Å². The maximum absolute atomic E-state index is 13.4. The molecule has 0 bridgehead atoms. The standard InChI is InChI=1S/C26H29ClN5O10P/c1-26-20(40-25(33)41-26)18(12-38-43(34)37-8-6-17(42-43)15-3-2-4-16(27)9-15)39-23(26)32-13-29-19-21(32)30-24(28)31-22(19)36-11-14-5-7-35-10-14/h2-4,9,13-14,17-18,20,23H,5-8,10-12H2,1H3,(H2,28,30,31). The lowest BCUT2D eigenvalue weighted by Crippen LogP contribution is -2.42. The Morgan fingerprint density at radius 1 is 1.23 bits per heavy atom. The van der Waals surface area contributed by atoms with Crippen LogP contribution in [0.4, 0.5) is 10.7 Å². The molecule has 0 spiro atoms. The van der Waals surface area contributed by atoms with Gasteiger partial charge in [0.05, 0.1) is 38.9 Å². The molecular weight excluding hydrogens is 609 g/mol. The maximum atomic E-state index is 13.4. The van der Waals surface area contributed by atoms with Crippen LogP contribution in [0.2, 0.25) is 5.02 Å². The number of carbonyl (C=O) groups is 1. The molecule has 0 aliphatic carbocycles. The third-order valence-electron chi connectivity index (χ3n) is 7.87. The van der Waals surface area contributed by atoms with Gasteiger partial charge in [-0.25, -0.2) is 14.3 Å². The number of hydrogen-bond donors (Lipinski definition) is 1. The molecule has 2 N–H and O–H groups in total. The number of nitrogens with two attached hydrogens (primary N) is 1. The molecule has 7 rings (SSSR count). The summed E-state index contributed by atoms with van der Waals surface area (Å²) in [6.45, 7) is 3.17. The van der Waals surface area contributed by atoms with Gasteiger partial charge in [0.15, 0.2) is 29.1 Å². The van der Waals surface area contributed by atoms with Crippen LogP contribution in [0.15, 0.2) is 30.6 Å². The summed E-state index contributed by atoms with van der Waals surface area (Å²) in [5.74, 6) is 0.406.